The number of ether oxygens (including phenoxy) is 3. The summed E-state index contributed by atoms with van der Waals surface area (Å²) in [5.41, 5.74) is 3.96. The van der Waals surface area contributed by atoms with Crippen molar-refractivity contribution < 1.29 is 18.7 Å². The fourth-order valence-corrected chi connectivity index (χ4v) is 7.22. The molecule has 0 aromatic heterocycles. The number of benzene rings is 3. The van der Waals surface area contributed by atoms with Crippen LogP contribution < -0.4 is 30.6 Å². The third-order valence-corrected chi connectivity index (χ3v) is 10.2. The Kier molecular flexibility index (Phi) is 19.4. The maximum absolute atomic E-state index is 5.43. The molecule has 0 amide bonds. The molecule has 0 saturated carbocycles. The van der Waals surface area contributed by atoms with Crippen LogP contribution in [-0.4, -0.2) is 58.1 Å². The summed E-state index contributed by atoms with van der Waals surface area (Å²) in [6.45, 7) is 17.3. The Bertz CT molecular complexity index is 1040. The monoisotopic (exact) mass is 646 g/mol. The molecule has 0 aliphatic carbocycles. The first-order valence-electron chi connectivity index (χ1n) is 18.9. The second-order valence-electron chi connectivity index (χ2n) is 13.5. The van der Waals surface area contributed by atoms with Crippen molar-refractivity contribution in [2.24, 2.45) is 0 Å². The van der Waals surface area contributed by atoms with E-state index in [0.717, 1.165) is 23.6 Å². The molecule has 0 saturated heterocycles. The van der Waals surface area contributed by atoms with Crippen LogP contribution in [0.3, 0.4) is 0 Å². The lowest BCUT2D eigenvalue weighted by atomic mass is 9.14. The van der Waals surface area contributed by atoms with Crippen molar-refractivity contribution in [1.82, 2.24) is 0 Å². The average molecular weight is 646 g/mol. The summed E-state index contributed by atoms with van der Waals surface area (Å²) in [5, 5.41) is 0. The van der Waals surface area contributed by atoms with Gasteiger partial charge in [0, 0.05) is 0 Å². The highest BCUT2D eigenvalue weighted by molar-refractivity contribution is 7.11. The van der Waals surface area contributed by atoms with Crippen LogP contribution in [0.4, 0.5) is 0 Å². The van der Waals surface area contributed by atoms with Crippen molar-refractivity contribution in [3.05, 3.63) is 72.8 Å². The highest BCUT2D eigenvalue weighted by Gasteiger charge is 2.30. The third kappa shape index (κ3) is 12.2. The molecule has 0 aliphatic heterocycles. The Labute approximate surface area is 289 Å². The van der Waals surface area contributed by atoms with Crippen molar-refractivity contribution in [3.8, 4) is 17.2 Å². The van der Waals surface area contributed by atoms with Gasteiger partial charge < -0.3 is 18.7 Å². The van der Waals surface area contributed by atoms with Gasteiger partial charge in [-0.15, -0.1) is 0 Å². The van der Waals surface area contributed by atoms with E-state index in [9.17, 15) is 0 Å². The molecule has 0 fully saturated rings. The molecule has 3 aromatic carbocycles. The molecule has 0 atom stereocenters. The fourth-order valence-electron chi connectivity index (χ4n) is 7.22. The van der Waals surface area contributed by atoms with Crippen LogP contribution >= 0.6 is 0 Å². The van der Waals surface area contributed by atoms with Gasteiger partial charge in [0.1, 0.15) is 17.2 Å². The van der Waals surface area contributed by atoms with Gasteiger partial charge in [0.05, 0.1) is 53.7 Å². The number of quaternary nitrogens is 1. The molecule has 0 bridgehead atoms. The molecule has 0 spiro atoms. The Morgan fingerprint density at radius 3 is 0.915 bits per heavy atom. The van der Waals surface area contributed by atoms with Crippen molar-refractivity contribution >= 4 is 22.5 Å². The normalized spacial score (nSPS) is 11.5. The number of methoxy groups -OCH3 is 3. The van der Waals surface area contributed by atoms with Gasteiger partial charge in [0.2, 0.25) is 0 Å². The molecule has 3 aromatic rings. The molecule has 262 valence electrons. The molecular weight excluding hydrogens is 577 g/mol. The van der Waals surface area contributed by atoms with Crippen LogP contribution in [0.25, 0.3) is 0 Å². The van der Waals surface area contributed by atoms with Crippen molar-refractivity contribution in [3.63, 3.8) is 0 Å². The summed E-state index contributed by atoms with van der Waals surface area (Å²) in [6, 6.07) is 25.7. The zero-order chi connectivity index (χ0) is 34.4. The summed E-state index contributed by atoms with van der Waals surface area (Å²) < 4.78 is 17.7. The van der Waals surface area contributed by atoms with Gasteiger partial charge >= 0.3 is 0 Å². The lowest BCUT2D eigenvalue weighted by Crippen LogP contribution is -2.66. The number of rotatable bonds is 22. The van der Waals surface area contributed by atoms with E-state index in [1.807, 2.05) is 0 Å². The summed E-state index contributed by atoms with van der Waals surface area (Å²) >= 11 is 0. The zero-order valence-electron chi connectivity index (χ0n) is 31.5. The van der Waals surface area contributed by atoms with Gasteiger partial charge in [0.25, 0.3) is 0 Å². The minimum absolute atomic E-state index is 0.876. The van der Waals surface area contributed by atoms with E-state index >= 15 is 0 Å². The maximum atomic E-state index is 5.43. The summed E-state index contributed by atoms with van der Waals surface area (Å²) in [5.74, 6) is 2.63. The summed E-state index contributed by atoms with van der Waals surface area (Å²) in [6.07, 6.45) is 14.6. The molecule has 5 heteroatoms. The number of hydrogen-bond acceptors (Lipinski definition) is 3. The lowest BCUT2D eigenvalue weighted by Gasteiger charge is -2.43. The van der Waals surface area contributed by atoms with Crippen molar-refractivity contribution in [2.75, 3.05) is 47.5 Å². The first kappa shape index (κ1) is 40.3. The highest BCUT2D eigenvalue weighted by Crippen LogP contribution is 2.22. The molecule has 47 heavy (non-hydrogen) atoms. The Morgan fingerprint density at radius 1 is 0.404 bits per heavy atom. The van der Waals surface area contributed by atoms with Crippen molar-refractivity contribution in [1.29, 1.82) is 0 Å². The van der Waals surface area contributed by atoms with Crippen LogP contribution in [-0.2, 0) is 0 Å². The van der Waals surface area contributed by atoms with Crippen LogP contribution in [0.15, 0.2) is 72.8 Å². The minimum Gasteiger partial charge on any atom is -0.497 e. The van der Waals surface area contributed by atoms with E-state index in [4.69, 9.17) is 14.2 Å². The maximum Gasteiger partial charge on any atom is 0.118 e. The predicted octanol–water partition coefficient (Wildman–Crippen LogP) is 9.38. The molecule has 0 aliphatic rings. The Morgan fingerprint density at radius 2 is 0.681 bits per heavy atom. The fraction of sp³-hybridized carbons (Fsp3) is 0.571. The van der Waals surface area contributed by atoms with E-state index in [-0.39, 0.29) is 0 Å². The summed E-state index contributed by atoms with van der Waals surface area (Å²) in [7, 11) is 5.13. The average Bonchev–Trinajstić information content (AvgIpc) is 3.13. The van der Waals surface area contributed by atoms with Gasteiger partial charge in [-0.25, -0.2) is 0 Å². The van der Waals surface area contributed by atoms with E-state index in [1.54, 1.807) is 21.3 Å². The second kappa shape index (κ2) is 22.6. The predicted molar refractivity (Wildman–Crippen MR) is 207 cm³/mol. The smallest absolute Gasteiger partial charge is 0.118 e. The number of hydrogen-bond donors (Lipinski definition) is 0. The van der Waals surface area contributed by atoms with Gasteiger partial charge in [0.15, 0.2) is 0 Å². The van der Waals surface area contributed by atoms with Crippen LogP contribution in [0.5, 0.6) is 17.2 Å². The van der Waals surface area contributed by atoms with E-state index in [1.165, 1.54) is 118 Å². The lowest BCUT2D eigenvalue weighted by molar-refractivity contribution is -0.929. The number of unbranched alkanes of at least 4 members (excludes halogenated alkanes) is 6. The Balaban J connectivity index is 0.000000387. The van der Waals surface area contributed by atoms with Crippen LogP contribution in [0, 0.1) is 0 Å². The van der Waals surface area contributed by atoms with Gasteiger partial charge in [-0.1, -0.05) is 116 Å². The van der Waals surface area contributed by atoms with Crippen molar-refractivity contribution in [2.45, 2.75) is 112 Å². The molecule has 0 radical (unpaired) electrons. The molecule has 4 nitrogen and oxygen atoms in total. The third-order valence-electron chi connectivity index (χ3n) is 10.2. The number of nitrogens with zero attached hydrogens (tertiary/aromatic N) is 1. The standard InChI is InChI=1S/C26H32BO3.C16H36N/c1-5-6-7-20-27(21-8-14-24(28-2)15-9-21,22-10-16-25(29-3)17-11-22)23-12-18-26(30-4)19-13-23;1-5-9-13-17(14-10-6-2,15-11-7-3)16-12-8-4/h8-19H,5-7,20H2,1-4H3;5-16H2,1-4H3/q-1;+1. The zero-order valence-corrected chi connectivity index (χ0v) is 31.5. The highest BCUT2D eigenvalue weighted by atomic mass is 16.5. The molecule has 3 rings (SSSR count). The molecule has 0 unspecified atom stereocenters. The van der Waals surface area contributed by atoms with Crippen LogP contribution in [0.2, 0.25) is 6.32 Å². The molecule has 0 heterocycles. The Hall–Kier alpha value is -2.92. The van der Waals surface area contributed by atoms with E-state index in [0.29, 0.717) is 0 Å². The largest absolute Gasteiger partial charge is 0.497 e. The van der Waals surface area contributed by atoms with Crippen LogP contribution in [0.1, 0.15) is 105 Å². The van der Waals surface area contributed by atoms with E-state index in [2.05, 4.69) is 107 Å². The van der Waals surface area contributed by atoms with E-state index < -0.39 is 6.15 Å². The second-order valence-corrected chi connectivity index (χ2v) is 13.5. The first-order valence-corrected chi connectivity index (χ1v) is 18.9. The van der Waals surface area contributed by atoms with Gasteiger partial charge in [-0.3, -0.25) is 0 Å². The van der Waals surface area contributed by atoms with Gasteiger partial charge in [-0.05, 0) is 62.1 Å². The SMILES string of the molecule is CCCCC[B-](c1ccc(OC)cc1)(c1ccc(OC)cc1)c1ccc(OC)cc1.CCCC[N+](CCCC)(CCCC)CCCC. The first-order chi connectivity index (χ1) is 22.9. The quantitative estimate of drug-likeness (QED) is 0.0619. The molecule has 0 N–H and O–H groups in total. The molecular formula is C42H68BNO3. The summed E-state index contributed by atoms with van der Waals surface area (Å²) in [4.78, 5) is 0. The topological polar surface area (TPSA) is 27.7 Å². The minimum atomic E-state index is -1.15. The van der Waals surface area contributed by atoms with Gasteiger partial charge in [-0.2, -0.15) is 22.7 Å².